The molecule has 20 heavy (non-hydrogen) atoms. The van der Waals surface area contributed by atoms with Crippen molar-refractivity contribution in [3.05, 3.63) is 0 Å². The van der Waals surface area contributed by atoms with E-state index < -0.39 is 18.0 Å². The van der Waals surface area contributed by atoms with E-state index in [2.05, 4.69) is 5.32 Å². The summed E-state index contributed by atoms with van der Waals surface area (Å²) < 4.78 is 10.2. The molecule has 0 spiro atoms. The molecule has 0 aromatic carbocycles. The Bertz CT molecular complexity index is 395. The van der Waals surface area contributed by atoms with Gasteiger partial charge in [-0.05, 0) is 6.42 Å². The van der Waals surface area contributed by atoms with Crippen molar-refractivity contribution in [3.63, 3.8) is 0 Å². The molecule has 2 heterocycles. The number of hydrogen-bond acceptors (Lipinski definition) is 5. The molecule has 0 radical (unpaired) electrons. The Hall–Kier alpha value is -1.83. The van der Waals surface area contributed by atoms with E-state index in [1.54, 1.807) is 0 Å². The molecule has 8 heteroatoms. The Morgan fingerprint density at radius 3 is 2.85 bits per heavy atom. The molecule has 3 amide bonds. The largest absolute Gasteiger partial charge is 0.447 e. The van der Waals surface area contributed by atoms with Gasteiger partial charge in [0.2, 0.25) is 11.8 Å². The van der Waals surface area contributed by atoms with E-state index in [4.69, 9.17) is 15.2 Å². The number of primary amides is 1. The number of cyclic esters (lactones) is 1. The molecule has 0 aromatic heterocycles. The van der Waals surface area contributed by atoms with E-state index in [9.17, 15) is 14.4 Å². The van der Waals surface area contributed by atoms with Gasteiger partial charge in [-0.3, -0.25) is 14.5 Å². The fraction of sp³-hybridized carbons (Fsp3) is 0.750. The van der Waals surface area contributed by atoms with Gasteiger partial charge in [0.05, 0.1) is 6.61 Å². The second kappa shape index (κ2) is 6.56. The molecule has 0 saturated carbocycles. The Balaban J connectivity index is 1.86. The van der Waals surface area contributed by atoms with Gasteiger partial charge in [0, 0.05) is 32.0 Å². The van der Waals surface area contributed by atoms with Gasteiger partial charge in [-0.1, -0.05) is 0 Å². The van der Waals surface area contributed by atoms with Gasteiger partial charge in [-0.2, -0.15) is 0 Å². The summed E-state index contributed by atoms with van der Waals surface area (Å²) in [5, 5.41) is 2.59. The van der Waals surface area contributed by atoms with E-state index in [1.807, 2.05) is 0 Å². The van der Waals surface area contributed by atoms with Crippen LogP contribution in [0.1, 0.15) is 12.8 Å². The molecule has 2 aliphatic heterocycles. The minimum atomic E-state index is -0.643. The first kappa shape index (κ1) is 14.6. The van der Waals surface area contributed by atoms with E-state index in [0.29, 0.717) is 19.8 Å². The summed E-state index contributed by atoms with van der Waals surface area (Å²) in [6.07, 6.45) is 0.468. The van der Waals surface area contributed by atoms with Crippen LogP contribution in [-0.2, 0) is 19.1 Å². The molecule has 0 bridgehead atoms. The van der Waals surface area contributed by atoms with Crippen LogP contribution in [0, 0.1) is 5.92 Å². The molecular formula is C12H19N3O5. The zero-order chi connectivity index (χ0) is 14.5. The van der Waals surface area contributed by atoms with Gasteiger partial charge in [0.1, 0.15) is 12.6 Å². The lowest BCUT2D eigenvalue weighted by atomic mass is 10.1. The van der Waals surface area contributed by atoms with Crippen LogP contribution in [-0.4, -0.2) is 61.8 Å². The van der Waals surface area contributed by atoms with Crippen molar-refractivity contribution in [1.82, 2.24) is 10.2 Å². The number of rotatable bonds is 6. The number of ether oxygens (including phenoxy) is 2. The number of hydrogen-bond donors (Lipinski definition) is 2. The number of carbonyl (C=O) groups excluding carboxylic acids is 3. The third kappa shape index (κ3) is 3.60. The third-order valence-corrected chi connectivity index (χ3v) is 3.43. The number of amides is 3. The van der Waals surface area contributed by atoms with Crippen LogP contribution in [0.4, 0.5) is 4.79 Å². The van der Waals surface area contributed by atoms with Crippen molar-refractivity contribution >= 4 is 17.9 Å². The number of nitrogens with zero attached hydrogens (tertiary/aromatic N) is 1. The maximum absolute atomic E-state index is 12.0. The van der Waals surface area contributed by atoms with Crippen molar-refractivity contribution in [3.8, 4) is 0 Å². The highest BCUT2D eigenvalue weighted by Gasteiger charge is 2.39. The Morgan fingerprint density at radius 1 is 1.40 bits per heavy atom. The van der Waals surface area contributed by atoms with Gasteiger partial charge in [-0.15, -0.1) is 0 Å². The van der Waals surface area contributed by atoms with Crippen LogP contribution >= 0.6 is 0 Å². The van der Waals surface area contributed by atoms with E-state index >= 15 is 0 Å². The SMILES string of the molecule is NC(=O)CCNC(=O)[C@@H]1COC(=O)N1CC1CCOC1. The van der Waals surface area contributed by atoms with Crippen molar-refractivity contribution in [2.45, 2.75) is 18.9 Å². The van der Waals surface area contributed by atoms with E-state index in [-0.39, 0.29) is 31.4 Å². The molecule has 8 nitrogen and oxygen atoms in total. The summed E-state index contributed by atoms with van der Waals surface area (Å²) in [6, 6.07) is -0.643. The third-order valence-electron chi connectivity index (χ3n) is 3.43. The van der Waals surface area contributed by atoms with Crippen molar-refractivity contribution < 1.29 is 23.9 Å². The highest BCUT2D eigenvalue weighted by atomic mass is 16.6. The van der Waals surface area contributed by atoms with Crippen LogP contribution < -0.4 is 11.1 Å². The lowest BCUT2D eigenvalue weighted by molar-refractivity contribution is -0.125. The zero-order valence-electron chi connectivity index (χ0n) is 11.2. The monoisotopic (exact) mass is 285 g/mol. The van der Waals surface area contributed by atoms with Crippen LogP contribution in [0.25, 0.3) is 0 Å². The molecule has 2 fully saturated rings. The lowest BCUT2D eigenvalue weighted by Crippen LogP contribution is -2.47. The lowest BCUT2D eigenvalue weighted by Gasteiger charge is -2.23. The van der Waals surface area contributed by atoms with Gasteiger partial charge in [0.15, 0.2) is 0 Å². The molecular weight excluding hydrogens is 266 g/mol. The molecule has 0 aromatic rings. The predicted octanol–water partition coefficient (Wildman–Crippen LogP) is -1.16. The summed E-state index contributed by atoms with van der Waals surface area (Å²) in [5.41, 5.74) is 5.00. The van der Waals surface area contributed by atoms with Crippen LogP contribution in [0.2, 0.25) is 0 Å². The summed E-state index contributed by atoms with van der Waals surface area (Å²) in [6.45, 7) is 1.93. The molecule has 0 aliphatic carbocycles. The maximum Gasteiger partial charge on any atom is 0.410 e. The van der Waals surface area contributed by atoms with Crippen LogP contribution in [0.3, 0.4) is 0 Å². The summed E-state index contributed by atoms with van der Waals surface area (Å²) in [4.78, 5) is 35.7. The fourth-order valence-corrected chi connectivity index (χ4v) is 2.30. The normalized spacial score (nSPS) is 25.6. The van der Waals surface area contributed by atoms with Crippen molar-refractivity contribution in [2.24, 2.45) is 11.7 Å². The summed E-state index contributed by atoms with van der Waals surface area (Å²) >= 11 is 0. The second-order valence-electron chi connectivity index (χ2n) is 4.98. The highest BCUT2D eigenvalue weighted by Crippen LogP contribution is 2.19. The molecule has 2 aliphatic rings. The first-order valence-corrected chi connectivity index (χ1v) is 6.65. The second-order valence-corrected chi connectivity index (χ2v) is 4.98. The van der Waals surface area contributed by atoms with Crippen LogP contribution in [0.15, 0.2) is 0 Å². The van der Waals surface area contributed by atoms with Crippen molar-refractivity contribution in [1.29, 1.82) is 0 Å². The topological polar surface area (TPSA) is 111 Å². The van der Waals surface area contributed by atoms with Gasteiger partial charge in [-0.25, -0.2) is 4.79 Å². The smallest absolute Gasteiger partial charge is 0.410 e. The minimum absolute atomic E-state index is 0.0365. The Kier molecular flexibility index (Phi) is 4.78. The fourth-order valence-electron chi connectivity index (χ4n) is 2.30. The minimum Gasteiger partial charge on any atom is -0.447 e. The average molecular weight is 285 g/mol. The number of carbonyl (C=O) groups is 3. The Labute approximate surface area is 116 Å². The zero-order valence-corrected chi connectivity index (χ0v) is 11.2. The molecule has 1 unspecified atom stereocenters. The quantitative estimate of drug-likeness (QED) is 0.639. The molecule has 2 atom stereocenters. The first-order valence-electron chi connectivity index (χ1n) is 6.65. The number of nitrogens with one attached hydrogen (secondary N) is 1. The predicted molar refractivity (Wildman–Crippen MR) is 67.6 cm³/mol. The summed E-state index contributed by atoms with van der Waals surface area (Å²) in [7, 11) is 0. The molecule has 3 N–H and O–H groups in total. The standard InChI is InChI=1S/C12H19N3O5/c13-10(16)1-3-14-11(17)9-7-20-12(18)15(9)5-8-2-4-19-6-8/h8-9H,1-7H2,(H2,13,16)(H,14,17)/t8?,9-/m0/s1. The van der Waals surface area contributed by atoms with Crippen molar-refractivity contribution in [2.75, 3.05) is 32.9 Å². The van der Waals surface area contributed by atoms with E-state index in [0.717, 1.165) is 6.42 Å². The van der Waals surface area contributed by atoms with Gasteiger partial charge >= 0.3 is 6.09 Å². The van der Waals surface area contributed by atoms with Gasteiger partial charge in [0.25, 0.3) is 0 Å². The number of nitrogens with two attached hydrogens (primary N) is 1. The molecule has 112 valence electrons. The summed E-state index contributed by atoms with van der Waals surface area (Å²) in [5.74, 6) is -0.568. The average Bonchev–Trinajstić information content (AvgIpc) is 3.01. The Morgan fingerprint density at radius 2 is 2.20 bits per heavy atom. The first-order chi connectivity index (χ1) is 9.58. The van der Waals surface area contributed by atoms with Crippen LogP contribution in [0.5, 0.6) is 0 Å². The molecule has 2 rings (SSSR count). The van der Waals surface area contributed by atoms with E-state index in [1.165, 1.54) is 4.90 Å². The highest BCUT2D eigenvalue weighted by molar-refractivity contribution is 5.88. The molecule has 2 saturated heterocycles. The van der Waals surface area contributed by atoms with Gasteiger partial charge < -0.3 is 20.5 Å². The maximum atomic E-state index is 12.0.